The SMILES string of the molecule is COC(=O)CC(N)c1ccc(C)c(N2CCOCC2)c1. The van der Waals surface area contributed by atoms with Crippen molar-refractivity contribution in [1.82, 2.24) is 0 Å². The average molecular weight is 278 g/mol. The van der Waals surface area contributed by atoms with Crippen LogP contribution in [-0.2, 0) is 14.3 Å². The second kappa shape index (κ2) is 6.72. The van der Waals surface area contributed by atoms with Gasteiger partial charge in [-0.15, -0.1) is 0 Å². The van der Waals surface area contributed by atoms with Gasteiger partial charge in [0.05, 0.1) is 26.7 Å². The van der Waals surface area contributed by atoms with E-state index in [-0.39, 0.29) is 18.4 Å². The summed E-state index contributed by atoms with van der Waals surface area (Å²) in [5.41, 5.74) is 9.42. The van der Waals surface area contributed by atoms with Crippen LogP contribution in [0.3, 0.4) is 0 Å². The third kappa shape index (κ3) is 3.49. The smallest absolute Gasteiger partial charge is 0.307 e. The summed E-state index contributed by atoms with van der Waals surface area (Å²) in [5.74, 6) is -0.286. The molecule has 1 unspecified atom stereocenters. The third-order valence-corrected chi connectivity index (χ3v) is 3.63. The maximum absolute atomic E-state index is 11.3. The lowest BCUT2D eigenvalue weighted by Crippen LogP contribution is -2.36. The number of carbonyl (C=O) groups is 1. The van der Waals surface area contributed by atoms with Gasteiger partial charge in [0.1, 0.15) is 0 Å². The van der Waals surface area contributed by atoms with Gasteiger partial charge >= 0.3 is 5.97 Å². The molecule has 1 aliphatic heterocycles. The van der Waals surface area contributed by atoms with Crippen molar-refractivity contribution in [2.24, 2.45) is 5.73 Å². The molecule has 0 radical (unpaired) electrons. The van der Waals surface area contributed by atoms with Crippen LogP contribution in [0.2, 0.25) is 0 Å². The second-order valence-electron chi connectivity index (χ2n) is 5.03. The molecule has 110 valence electrons. The Hall–Kier alpha value is -1.59. The molecule has 1 atom stereocenters. The van der Waals surface area contributed by atoms with E-state index in [1.165, 1.54) is 18.4 Å². The minimum atomic E-state index is -0.331. The Morgan fingerprint density at radius 1 is 1.45 bits per heavy atom. The van der Waals surface area contributed by atoms with Gasteiger partial charge < -0.3 is 20.1 Å². The van der Waals surface area contributed by atoms with Crippen LogP contribution < -0.4 is 10.6 Å². The van der Waals surface area contributed by atoms with Gasteiger partial charge in [0, 0.05) is 24.8 Å². The number of hydrogen-bond acceptors (Lipinski definition) is 5. The lowest BCUT2D eigenvalue weighted by atomic mass is 10.0. The Bertz CT molecular complexity index is 470. The lowest BCUT2D eigenvalue weighted by Gasteiger charge is -2.30. The number of morpholine rings is 1. The van der Waals surface area contributed by atoms with E-state index in [9.17, 15) is 4.79 Å². The molecule has 1 heterocycles. The van der Waals surface area contributed by atoms with Crippen LogP contribution in [0.1, 0.15) is 23.6 Å². The number of ether oxygens (including phenoxy) is 2. The zero-order valence-electron chi connectivity index (χ0n) is 12.1. The molecule has 2 rings (SSSR count). The van der Waals surface area contributed by atoms with Crippen LogP contribution in [0, 0.1) is 6.92 Å². The van der Waals surface area contributed by atoms with Crippen molar-refractivity contribution in [3.8, 4) is 0 Å². The maximum atomic E-state index is 11.3. The van der Waals surface area contributed by atoms with Crippen LogP contribution in [0.25, 0.3) is 0 Å². The number of carbonyl (C=O) groups excluding carboxylic acids is 1. The molecular formula is C15H22N2O3. The molecule has 5 nitrogen and oxygen atoms in total. The Morgan fingerprint density at radius 2 is 2.15 bits per heavy atom. The molecule has 1 saturated heterocycles. The normalized spacial score (nSPS) is 16.9. The van der Waals surface area contributed by atoms with Crippen LogP contribution >= 0.6 is 0 Å². The van der Waals surface area contributed by atoms with Crippen LogP contribution in [-0.4, -0.2) is 39.4 Å². The Kier molecular flexibility index (Phi) is 4.98. The van der Waals surface area contributed by atoms with Crippen molar-refractivity contribution in [2.45, 2.75) is 19.4 Å². The molecule has 0 amide bonds. The van der Waals surface area contributed by atoms with E-state index < -0.39 is 0 Å². The summed E-state index contributed by atoms with van der Waals surface area (Å²) in [6.45, 7) is 5.35. The highest BCUT2D eigenvalue weighted by Gasteiger charge is 2.17. The van der Waals surface area contributed by atoms with Crippen molar-refractivity contribution in [3.63, 3.8) is 0 Å². The summed E-state index contributed by atoms with van der Waals surface area (Å²) in [7, 11) is 1.38. The predicted octanol–water partition coefficient (Wildman–Crippen LogP) is 1.39. The summed E-state index contributed by atoms with van der Waals surface area (Å²) in [5, 5.41) is 0. The van der Waals surface area contributed by atoms with Gasteiger partial charge in [0.15, 0.2) is 0 Å². The minimum absolute atomic E-state index is 0.197. The van der Waals surface area contributed by atoms with Gasteiger partial charge in [-0.25, -0.2) is 0 Å². The highest BCUT2D eigenvalue weighted by Crippen LogP contribution is 2.26. The van der Waals surface area contributed by atoms with Crippen molar-refractivity contribution >= 4 is 11.7 Å². The molecule has 5 heteroatoms. The van der Waals surface area contributed by atoms with E-state index in [4.69, 9.17) is 10.5 Å². The van der Waals surface area contributed by atoms with Crippen molar-refractivity contribution in [1.29, 1.82) is 0 Å². The highest BCUT2D eigenvalue weighted by atomic mass is 16.5. The quantitative estimate of drug-likeness (QED) is 0.843. The fourth-order valence-electron chi connectivity index (χ4n) is 2.38. The first-order valence-electron chi connectivity index (χ1n) is 6.87. The molecule has 0 bridgehead atoms. The molecule has 0 saturated carbocycles. The number of benzene rings is 1. The summed E-state index contributed by atoms with van der Waals surface area (Å²) in [6.07, 6.45) is 0.197. The molecule has 1 aliphatic rings. The number of rotatable bonds is 4. The van der Waals surface area contributed by atoms with Crippen molar-refractivity contribution in [3.05, 3.63) is 29.3 Å². The van der Waals surface area contributed by atoms with Gasteiger partial charge in [0.25, 0.3) is 0 Å². The van der Waals surface area contributed by atoms with Crippen LogP contribution in [0.15, 0.2) is 18.2 Å². The van der Waals surface area contributed by atoms with E-state index in [2.05, 4.69) is 28.7 Å². The monoisotopic (exact) mass is 278 g/mol. The first-order valence-corrected chi connectivity index (χ1v) is 6.87. The first-order chi connectivity index (χ1) is 9.61. The van der Waals surface area contributed by atoms with Crippen LogP contribution in [0.4, 0.5) is 5.69 Å². The fraction of sp³-hybridized carbons (Fsp3) is 0.533. The molecule has 1 fully saturated rings. The number of hydrogen-bond donors (Lipinski definition) is 1. The van der Waals surface area contributed by atoms with E-state index in [1.54, 1.807) is 0 Å². The number of nitrogens with two attached hydrogens (primary N) is 1. The maximum Gasteiger partial charge on any atom is 0.307 e. The van der Waals surface area contributed by atoms with E-state index in [0.717, 1.165) is 31.9 Å². The van der Waals surface area contributed by atoms with Gasteiger partial charge in [-0.1, -0.05) is 12.1 Å². The third-order valence-electron chi connectivity index (χ3n) is 3.63. The number of anilines is 1. The molecule has 2 N–H and O–H groups in total. The molecular weight excluding hydrogens is 256 g/mol. The average Bonchev–Trinajstić information content (AvgIpc) is 2.48. The Labute approximate surface area is 119 Å². The largest absolute Gasteiger partial charge is 0.469 e. The van der Waals surface area contributed by atoms with Crippen molar-refractivity contribution in [2.75, 3.05) is 38.3 Å². The Morgan fingerprint density at radius 3 is 2.80 bits per heavy atom. The molecule has 0 spiro atoms. The van der Waals surface area contributed by atoms with Crippen LogP contribution in [0.5, 0.6) is 0 Å². The number of esters is 1. The van der Waals surface area contributed by atoms with Gasteiger partial charge in [-0.05, 0) is 24.1 Å². The van der Waals surface area contributed by atoms with E-state index in [1.807, 2.05) is 6.07 Å². The van der Waals surface area contributed by atoms with Gasteiger partial charge in [0.2, 0.25) is 0 Å². The summed E-state index contributed by atoms with van der Waals surface area (Å²) in [6, 6.07) is 5.78. The highest BCUT2D eigenvalue weighted by molar-refractivity contribution is 5.70. The zero-order valence-corrected chi connectivity index (χ0v) is 12.1. The standard InChI is InChI=1S/C15H22N2O3/c1-11-3-4-12(13(16)10-15(18)19-2)9-14(11)17-5-7-20-8-6-17/h3-4,9,13H,5-8,10,16H2,1-2H3. The van der Waals surface area contributed by atoms with Gasteiger partial charge in [-0.2, -0.15) is 0 Å². The topological polar surface area (TPSA) is 64.8 Å². The summed E-state index contributed by atoms with van der Waals surface area (Å²) in [4.78, 5) is 13.6. The second-order valence-corrected chi connectivity index (χ2v) is 5.03. The lowest BCUT2D eigenvalue weighted by molar-refractivity contribution is -0.141. The predicted molar refractivity (Wildman–Crippen MR) is 77.8 cm³/mol. The number of nitrogens with zero attached hydrogens (tertiary/aromatic N) is 1. The fourth-order valence-corrected chi connectivity index (χ4v) is 2.38. The van der Waals surface area contributed by atoms with Crippen molar-refractivity contribution < 1.29 is 14.3 Å². The molecule has 0 aliphatic carbocycles. The van der Waals surface area contributed by atoms with E-state index in [0.29, 0.717) is 0 Å². The molecule has 20 heavy (non-hydrogen) atoms. The van der Waals surface area contributed by atoms with Gasteiger partial charge in [-0.3, -0.25) is 4.79 Å². The molecule has 0 aromatic heterocycles. The zero-order chi connectivity index (χ0) is 14.5. The Balaban J connectivity index is 2.16. The van der Waals surface area contributed by atoms with E-state index >= 15 is 0 Å². The summed E-state index contributed by atoms with van der Waals surface area (Å²) < 4.78 is 10.0. The first kappa shape index (κ1) is 14.8. The number of aryl methyl sites for hydroxylation is 1. The number of methoxy groups -OCH3 is 1. The minimum Gasteiger partial charge on any atom is -0.469 e. The molecule has 1 aromatic carbocycles. The molecule has 1 aromatic rings. The summed E-state index contributed by atoms with van der Waals surface area (Å²) >= 11 is 0.